The van der Waals surface area contributed by atoms with Gasteiger partial charge in [0.15, 0.2) is 0 Å². The Bertz CT molecular complexity index is 808. The molecule has 1 saturated heterocycles. The maximum absolute atomic E-state index is 10.1. The summed E-state index contributed by atoms with van der Waals surface area (Å²) >= 11 is 6.06. The van der Waals surface area contributed by atoms with Gasteiger partial charge in [0, 0.05) is 62.0 Å². The van der Waals surface area contributed by atoms with Crippen molar-refractivity contribution in [2.75, 3.05) is 50.8 Å². The molecule has 0 bridgehead atoms. The molecule has 0 aliphatic carbocycles. The standard InChI is InChI=1S/C23H33ClN4O2/c1-4-22-21(14-18-6-8-19(24)9-7-18)23(26-17(3)25-22)28-12-10-27(11-13-28)15-20(29)16-30-5-2/h6-9,20,29H,4-5,10-16H2,1-3H3/t20-/m1/s1. The van der Waals surface area contributed by atoms with Crippen LogP contribution >= 0.6 is 11.6 Å². The fourth-order valence-electron chi connectivity index (χ4n) is 3.93. The number of benzene rings is 1. The molecule has 30 heavy (non-hydrogen) atoms. The molecular weight excluding hydrogens is 400 g/mol. The molecule has 3 rings (SSSR count). The first kappa shape index (κ1) is 22.9. The molecule has 2 aromatic rings. The highest BCUT2D eigenvalue weighted by Crippen LogP contribution is 2.26. The largest absolute Gasteiger partial charge is 0.389 e. The summed E-state index contributed by atoms with van der Waals surface area (Å²) in [5.41, 5.74) is 3.53. The van der Waals surface area contributed by atoms with Crippen molar-refractivity contribution in [3.05, 3.63) is 51.9 Å². The molecule has 2 heterocycles. The number of hydrogen-bond acceptors (Lipinski definition) is 6. The molecule has 0 saturated carbocycles. The van der Waals surface area contributed by atoms with Crippen LogP contribution in [0, 0.1) is 6.92 Å². The second-order valence-corrected chi connectivity index (χ2v) is 8.21. The van der Waals surface area contributed by atoms with Crippen LogP contribution < -0.4 is 4.90 Å². The quantitative estimate of drug-likeness (QED) is 0.657. The van der Waals surface area contributed by atoms with Gasteiger partial charge in [0.05, 0.1) is 12.7 Å². The molecule has 0 unspecified atom stereocenters. The first-order valence-electron chi connectivity index (χ1n) is 10.8. The van der Waals surface area contributed by atoms with Gasteiger partial charge in [-0.15, -0.1) is 0 Å². The van der Waals surface area contributed by atoms with Crippen LogP contribution in [0.4, 0.5) is 5.82 Å². The third-order valence-electron chi connectivity index (χ3n) is 5.47. The maximum atomic E-state index is 10.1. The van der Waals surface area contributed by atoms with Crippen molar-refractivity contribution in [1.82, 2.24) is 14.9 Å². The van der Waals surface area contributed by atoms with Gasteiger partial charge in [-0.3, -0.25) is 4.90 Å². The molecule has 1 aromatic heterocycles. The Morgan fingerprint density at radius 3 is 2.43 bits per heavy atom. The first-order valence-corrected chi connectivity index (χ1v) is 11.2. The van der Waals surface area contributed by atoms with Crippen molar-refractivity contribution in [2.24, 2.45) is 0 Å². The number of aryl methyl sites for hydroxylation is 2. The molecule has 1 N–H and O–H groups in total. The highest BCUT2D eigenvalue weighted by molar-refractivity contribution is 6.30. The molecule has 1 atom stereocenters. The summed E-state index contributed by atoms with van der Waals surface area (Å²) < 4.78 is 5.33. The van der Waals surface area contributed by atoms with Crippen LogP contribution in [-0.4, -0.2) is 72.0 Å². The number of halogens is 1. The van der Waals surface area contributed by atoms with Gasteiger partial charge >= 0.3 is 0 Å². The molecule has 164 valence electrons. The summed E-state index contributed by atoms with van der Waals surface area (Å²) in [7, 11) is 0. The summed E-state index contributed by atoms with van der Waals surface area (Å²) in [5.74, 6) is 1.86. The summed E-state index contributed by atoms with van der Waals surface area (Å²) in [6.45, 7) is 11.3. The second kappa shape index (κ2) is 11.0. The predicted octanol–water partition coefficient (Wildman–Crippen LogP) is 3.11. The molecule has 7 heteroatoms. The van der Waals surface area contributed by atoms with E-state index in [-0.39, 0.29) is 0 Å². The number of rotatable bonds is 9. The van der Waals surface area contributed by atoms with E-state index in [1.165, 1.54) is 11.1 Å². The van der Waals surface area contributed by atoms with E-state index in [9.17, 15) is 5.11 Å². The van der Waals surface area contributed by atoms with Gasteiger partial charge < -0.3 is 14.7 Å². The number of piperazine rings is 1. The number of nitrogens with zero attached hydrogens (tertiary/aromatic N) is 4. The van der Waals surface area contributed by atoms with Crippen LogP contribution in [0.25, 0.3) is 0 Å². The SMILES string of the molecule is CCOC[C@H](O)CN1CCN(c2nc(C)nc(CC)c2Cc2ccc(Cl)cc2)CC1. The van der Waals surface area contributed by atoms with Crippen molar-refractivity contribution in [1.29, 1.82) is 0 Å². The Morgan fingerprint density at radius 1 is 1.10 bits per heavy atom. The molecule has 0 amide bonds. The van der Waals surface area contributed by atoms with E-state index in [1.807, 2.05) is 26.0 Å². The van der Waals surface area contributed by atoms with Gasteiger partial charge in [0.2, 0.25) is 0 Å². The van der Waals surface area contributed by atoms with Crippen LogP contribution in [0.3, 0.4) is 0 Å². The van der Waals surface area contributed by atoms with Crippen LogP contribution in [0.2, 0.25) is 5.02 Å². The van der Waals surface area contributed by atoms with Crippen molar-refractivity contribution in [3.8, 4) is 0 Å². The Hall–Kier alpha value is -1.73. The van der Waals surface area contributed by atoms with E-state index in [0.717, 1.165) is 61.4 Å². The van der Waals surface area contributed by atoms with Crippen molar-refractivity contribution in [2.45, 2.75) is 39.7 Å². The predicted molar refractivity (Wildman–Crippen MR) is 122 cm³/mol. The number of aliphatic hydroxyl groups excluding tert-OH is 1. The molecule has 1 fully saturated rings. The molecule has 0 spiro atoms. The number of β-amino-alcohol motifs (C(OH)–C–C–N with tert-alkyl or cyclic N) is 1. The van der Waals surface area contributed by atoms with Crippen molar-refractivity contribution >= 4 is 17.4 Å². The number of aromatic nitrogens is 2. The minimum Gasteiger partial charge on any atom is -0.389 e. The van der Waals surface area contributed by atoms with Crippen LogP contribution in [-0.2, 0) is 17.6 Å². The molecule has 1 aromatic carbocycles. The van der Waals surface area contributed by atoms with E-state index in [0.29, 0.717) is 19.8 Å². The Morgan fingerprint density at radius 2 is 1.80 bits per heavy atom. The van der Waals surface area contributed by atoms with E-state index < -0.39 is 6.10 Å². The van der Waals surface area contributed by atoms with Gasteiger partial charge in [-0.1, -0.05) is 30.7 Å². The third kappa shape index (κ3) is 6.14. The normalized spacial score (nSPS) is 16.1. The Balaban J connectivity index is 1.74. The van der Waals surface area contributed by atoms with E-state index in [4.69, 9.17) is 26.3 Å². The number of anilines is 1. The number of ether oxygens (including phenoxy) is 1. The fourth-order valence-corrected chi connectivity index (χ4v) is 4.05. The van der Waals surface area contributed by atoms with Crippen molar-refractivity contribution in [3.63, 3.8) is 0 Å². The molecule has 1 aliphatic heterocycles. The smallest absolute Gasteiger partial charge is 0.136 e. The minimum absolute atomic E-state index is 0.396. The van der Waals surface area contributed by atoms with Gasteiger partial charge in [-0.05, 0) is 38.0 Å². The Kier molecular flexibility index (Phi) is 8.45. The van der Waals surface area contributed by atoms with E-state index in [1.54, 1.807) is 0 Å². The topological polar surface area (TPSA) is 61.7 Å². The average Bonchev–Trinajstić information content (AvgIpc) is 2.75. The highest BCUT2D eigenvalue weighted by atomic mass is 35.5. The van der Waals surface area contributed by atoms with Gasteiger partial charge in [-0.2, -0.15) is 0 Å². The lowest BCUT2D eigenvalue weighted by Gasteiger charge is -2.37. The minimum atomic E-state index is -0.440. The van der Waals surface area contributed by atoms with Gasteiger partial charge in [0.1, 0.15) is 11.6 Å². The number of aliphatic hydroxyl groups is 1. The fraction of sp³-hybridized carbons (Fsp3) is 0.565. The summed E-state index contributed by atoms with van der Waals surface area (Å²) in [6, 6.07) is 8.01. The van der Waals surface area contributed by atoms with Crippen LogP contribution in [0.15, 0.2) is 24.3 Å². The van der Waals surface area contributed by atoms with Crippen molar-refractivity contribution < 1.29 is 9.84 Å². The lowest BCUT2D eigenvalue weighted by Crippen LogP contribution is -2.49. The third-order valence-corrected chi connectivity index (χ3v) is 5.72. The highest BCUT2D eigenvalue weighted by Gasteiger charge is 2.24. The summed E-state index contributed by atoms with van der Waals surface area (Å²) in [5, 5.41) is 10.9. The Labute approximate surface area is 184 Å². The lowest BCUT2D eigenvalue weighted by atomic mass is 10.0. The zero-order valence-electron chi connectivity index (χ0n) is 18.3. The molecule has 0 radical (unpaired) electrons. The van der Waals surface area contributed by atoms with Gasteiger partial charge in [-0.25, -0.2) is 9.97 Å². The number of hydrogen-bond donors (Lipinski definition) is 1. The van der Waals surface area contributed by atoms with E-state index >= 15 is 0 Å². The van der Waals surface area contributed by atoms with Crippen LogP contribution in [0.1, 0.15) is 36.5 Å². The first-order chi connectivity index (χ1) is 14.5. The molecular formula is C23H33ClN4O2. The average molecular weight is 433 g/mol. The van der Waals surface area contributed by atoms with Gasteiger partial charge in [0.25, 0.3) is 0 Å². The maximum Gasteiger partial charge on any atom is 0.136 e. The zero-order chi connectivity index (χ0) is 21.5. The lowest BCUT2D eigenvalue weighted by molar-refractivity contribution is 0.0202. The monoisotopic (exact) mass is 432 g/mol. The summed E-state index contributed by atoms with van der Waals surface area (Å²) in [4.78, 5) is 14.2. The van der Waals surface area contributed by atoms with E-state index in [2.05, 4.69) is 28.9 Å². The molecule has 1 aliphatic rings. The summed E-state index contributed by atoms with van der Waals surface area (Å²) in [6.07, 6.45) is 1.23. The second-order valence-electron chi connectivity index (χ2n) is 7.78. The van der Waals surface area contributed by atoms with Crippen LogP contribution in [0.5, 0.6) is 0 Å². The molecule has 6 nitrogen and oxygen atoms in total. The zero-order valence-corrected chi connectivity index (χ0v) is 19.0.